The first kappa shape index (κ1) is 14.8. The summed E-state index contributed by atoms with van der Waals surface area (Å²) in [6.45, 7) is 1.98. The van der Waals surface area contributed by atoms with Gasteiger partial charge in [0.15, 0.2) is 5.16 Å². The highest BCUT2D eigenvalue weighted by atomic mass is 32.2. The maximum atomic E-state index is 12.0. The van der Waals surface area contributed by atoms with Crippen LogP contribution in [0.15, 0.2) is 34.2 Å². The molecule has 1 aliphatic rings. The number of nitrogens with zero attached hydrogens (tertiary/aromatic N) is 1. The number of amides is 1. The van der Waals surface area contributed by atoms with Crippen LogP contribution in [0.3, 0.4) is 0 Å². The van der Waals surface area contributed by atoms with Crippen LogP contribution < -0.4 is 10.9 Å². The van der Waals surface area contributed by atoms with Gasteiger partial charge in [-0.15, -0.1) is 0 Å². The van der Waals surface area contributed by atoms with Crippen molar-refractivity contribution in [1.82, 2.24) is 9.97 Å². The molecule has 1 aromatic heterocycles. The van der Waals surface area contributed by atoms with Gasteiger partial charge in [0, 0.05) is 11.3 Å². The molecule has 0 saturated heterocycles. The highest BCUT2D eigenvalue weighted by Crippen LogP contribution is 2.19. The number of nitrogens with one attached hydrogen (secondary N) is 2. The summed E-state index contributed by atoms with van der Waals surface area (Å²) in [6, 6.07) is 7.64. The van der Waals surface area contributed by atoms with Crippen LogP contribution in [-0.4, -0.2) is 21.6 Å². The molecule has 0 aliphatic heterocycles. The van der Waals surface area contributed by atoms with Gasteiger partial charge in [-0.05, 0) is 43.9 Å². The fraction of sp³-hybridized carbons (Fsp3) is 0.312. The van der Waals surface area contributed by atoms with Crippen LogP contribution in [0.4, 0.5) is 5.69 Å². The Hall–Kier alpha value is -2.08. The molecule has 0 atom stereocenters. The Kier molecular flexibility index (Phi) is 4.29. The third-order valence-corrected chi connectivity index (χ3v) is 4.43. The lowest BCUT2D eigenvalue weighted by molar-refractivity contribution is -0.113. The number of fused-ring (bicyclic) bond motifs is 1. The monoisotopic (exact) mass is 315 g/mol. The molecule has 2 aromatic rings. The second-order valence-electron chi connectivity index (χ2n) is 5.36. The quantitative estimate of drug-likeness (QED) is 0.670. The van der Waals surface area contributed by atoms with E-state index in [4.69, 9.17) is 0 Å². The van der Waals surface area contributed by atoms with Gasteiger partial charge in [-0.25, -0.2) is 4.98 Å². The number of aromatic amines is 1. The van der Waals surface area contributed by atoms with Crippen LogP contribution in [0.25, 0.3) is 0 Å². The SMILES string of the molecule is Cc1cccc(NC(=O)CSc2nc3c(c(=O)[nH]2)CCC3)c1. The van der Waals surface area contributed by atoms with Gasteiger partial charge in [0.2, 0.25) is 5.91 Å². The first-order valence-electron chi connectivity index (χ1n) is 7.23. The molecule has 5 nitrogen and oxygen atoms in total. The lowest BCUT2D eigenvalue weighted by Crippen LogP contribution is -2.17. The van der Waals surface area contributed by atoms with Crippen molar-refractivity contribution >= 4 is 23.4 Å². The molecule has 2 N–H and O–H groups in total. The Bertz CT molecular complexity index is 770. The summed E-state index contributed by atoms with van der Waals surface area (Å²) in [4.78, 5) is 31.0. The van der Waals surface area contributed by atoms with Gasteiger partial charge < -0.3 is 10.3 Å². The molecule has 114 valence electrons. The van der Waals surface area contributed by atoms with E-state index >= 15 is 0 Å². The molecule has 0 radical (unpaired) electrons. The molecule has 1 aliphatic carbocycles. The number of thioether (sulfide) groups is 1. The number of benzene rings is 1. The number of hydrogen-bond donors (Lipinski definition) is 2. The second-order valence-corrected chi connectivity index (χ2v) is 6.32. The Labute approximate surface area is 132 Å². The van der Waals surface area contributed by atoms with Crippen molar-refractivity contribution in [2.75, 3.05) is 11.1 Å². The van der Waals surface area contributed by atoms with Gasteiger partial charge >= 0.3 is 0 Å². The molecule has 0 unspecified atom stereocenters. The zero-order chi connectivity index (χ0) is 15.5. The van der Waals surface area contributed by atoms with E-state index in [1.165, 1.54) is 11.8 Å². The maximum Gasteiger partial charge on any atom is 0.254 e. The summed E-state index contributed by atoms with van der Waals surface area (Å²) in [5.74, 6) is 0.106. The number of aryl methyl sites for hydroxylation is 2. The Balaban J connectivity index is 1.62. The predicted molar refractivity (Wildman–Crippen MR) is 87.4 cm³/mol. The molecule has 1 heterocycles. The molecule has 0 bridgehead atoms. The first-order valence-corrected chi connectivity index (χ1v) is 8.22. The lowest BCUT2D eigenvalue weighted by Gasteiger charge is -2.06. The van der Waals surface area contributed by atoms with Gasteiger partial charge in [-0.3, -0.25) is 9.59 Å². The third-order valence-electron chi connectivity index (χ3n) is 3.56. The highest BCUT2D eigenvalue weighted by molar-refractivity contribution is 7.99. The van der Waals surface area contributed by atoms with E-state index in [2.05, 4.69) is 15.3 Å². The smallest absolute Gasteiger partial charge is 0.254 e. The zero-order valence-corrected chi connectivity index (χ0v) is 13.1. The van der Waals surface area contributed by atoms with Crippen molar-refractivity contribution in [1.29, 1.82) is 0 Å². The molecule has 6 heteroatoms. The van der Waals surface area contributed by atoms with Crippen LogP contribution in [0.5, 0.6) is 0 Å². The van der Waals surface area contributed by atoms with Gasteiger partial charge in [-0.2, -0.15) is 0 Å². The van der Waals surface area contributed by atoms with Crippen LogP contribution in [0, 0.1) is 6.92 Å². The number of anilines is 1. The van der Waals surface area contributed by atoms with Crippen molar-refractivity contribution in [3.8, 4) is 0 Å². The molecule has 3 rings (SSSR count). The number of carbonyl (C=O) groups is 1. The molecular weight excluding hydrogens is 298 g/mol. The van der Waals surface area contributed by atoms with Crippen molar-refractivity contribution in [3.05, 3.63) is 51.4 Å². The van der Waals surface area contributed by atoms with E-state index in [9.17, 15) is 9.59 Å². The summed E-state index contributed by atoms with van der Waals surface area (Å²) in [7, 11) is 0. The van der Waals surface area contributed by atoms with E-state index in [0.29, 0.717) is 5.16 Å². The van der Waals surface area contributed by atoms with Crippen LogP contribution in [-0.2, 0) is 17.6 Å². The Morgan fingerprint density at radius 1 is 1.41 bits per heavy atom. The van der Waals surface area contributed by atoms with E-state index in [0.717, 1.165) is 41.8 Å². The summed E-state index contributed by atoms with van der Waals surface area (Å²) < 4.78 is 0. The van der Waals surface area contributed by atoms with Gasteiger partial charge in [0.25, 0.3) is 5.56 Å². The molecule has 22 heavy (non-hydrogen) atoms. The minimum atomic E-state index is -0.112. The van der Waals surface area contributed by atoms with Crippen LogP contribution in [0.2, 0.25) is 0 Å². The number of aromatic nitrogens is 2. The number of rotatable bonds is 4. The number of hydrogen-bond acceptors (Lipinski definition) is 4. The van der Waals surface area contributed by atoms with E-state index < -0.39 is 0 Å². The number of carbonyl (C=O) groups excluding carboxylic acids is 1. The molecule has 0 fully saturated rings. The topological polar surface area (TPSA) is 74.8 Å². The Morgan fingerprint density at radius 3 is 3.09 bits per heavy atom. The zero-order valence-electron chi connectivity index (χ0n) is 12.3. The Morgan fingerprint density at radius 2 is 2.27 bits per heavy atom. The predicted octanol–water partition coefficient (Wildman–Crippen LogP) is 2.30. The summed E-state index contributed by atoms with van der Waals surface area (Å²) in [5, 5.41) is 3.36. The normalized spacial score (nSPS) is 13.0. The fourth-order valence-corrected chi connectivity index (χ4v) is 3.22. The molecular formula is C16H17N3O2S. The fourth-order valence-electron chi connectivity index (χ4n) is 2.54. The summed E-state index contributed by atoms with van der Waals surface area (Å²) in [5.41, 5.74) is 3.49. The minimum Gasteiger partial charge on any atom is -0.325 e. The van der Waals surface area contributed by atoms with Crippen molar-refractivity contribution < 1.29 is 4.79 Å². The second kappa shape index (κ2) is 6.36. The minimum absolute atomic E-state index is 0.0657. The molecule has 0 spiro atoms. The van der Waals surface area contributed by atoms with Gasteiger partial charge in [-0.1, -0.05) is 23.9 Å². The standard InChI is InChI=1S/C16H17N3O2S/c1-10-4-2-5-11(8-10)17-14(20)9-22-16-18-13-7-3-6-12(13)15(21)19-16/h2,4-5,8H,3,6-7,9H2,1H3,(H,17,20)(H,18,19,21). The first-order chi connectivity index (χ1) is 10.6. The van der Waals surface area contributed by atoms with Gasteiger partial charge in [0.05, 0.1) is 11.4 Å². The van der Waals surface area contributed by atoms with E-state index in [1.807, 2.05) is 31.2 Å². The number of H-pyrrole nitrogens is 1. The van der Waals surface area contributed by atoms with Crippen LogP contribution >= 0.6 is 11.8 Å². The third kappa shape index (κ3) is 3.39. The van der Waals surface area contributed by atoms with E-state index in [1.54, 1.807) is 0 Å². The molecule has 1 amide bonds. The largest absolute Gasteiger partial charge is 0.325 e. The highest BCUT2D eigenvalue weighted by Gasteiger charge is 2.17. The maximum absolute atomic E-state index is 12.0. The lowest BCUT2D eigenvalue weighted by atomic mass is 10.2. The summed E-state index contributed by atoms with van der Waals surface area (Å²) in [6.07, 6.45) is 2.63. The van der Waals surface area contributed by atoms with Crippen molar-refractivity contribution in [3.63, 3.8) is 0 Å². The van der Waals surface area contributed by atoms with Crippen LogP contribution in [0.1, 0.15) is 23.2 Å². The van der Waals surface area contributed by atoms with E-state index in [-0.39, 0.29) is 17.2 Å². The molecule has 1 aromatic carbocycles. The van der Waals surface area contributed by atoms with Gasteiger partial charge in [0.1, 0.15) is 0 Å². The van der Waals surface area contributed by atoms with Crippen molar-refractivity contribution in [2.45, 2.75) is 31.3 Å². The average molecular weight is 315 g/mol. The molecule has 0 saturated carbocycles. The summed E-state index contributed by atoms with van der Waals surface area (Å²) >= 11 is 1.25. The average Bonchev–Trinajstić information content (AvgIpc) is 2.94. The van der Waals surface area contributed by atoms with Crippen molar-refractivity contribution in [2.24, 2.45) is 0 Å².